The highest BCUT2D eigenvalue weighted by Crippen LogP contribution is 2.37. The Balaban J connectivity index is 1.68. The second-order valence-corrected chi connectivity index (χ2v) is 7.28. The maximum atomic E-state index is 8.79. The lowest BCUT2D eigenvalue weighted by Gasteiger charge is -2.22. The maximum absolute atomic E-state index is 8.79. The molecule has 0 amide bonds. The zero-order chi connectivity index (χ0) is 17.9. The van der Waals surface area contributed by atoms with Crippen molar-refractivity contribution < 1.29 is 4.98 Å². The Kier molecular flexibility index (Phi) is 4.69. The summed E-state index contributed by atoms with van der Waals surface area (Å²) in [5.74, 6) is 0.608. The van der Waals surface area contributed by atoms with Gasteiger partial charge in [0.25, 0.3) is 0 Å². The molecule has 0 aliphatic heterocycles. The smallest absolute Gasteiger partial charge is 0.268 e. The number of hydrogen-bond acceptors (Lipinski definition) is 3. The largest absolute Gasteiger partial charge is 0.344 e. The average molecular weight is 363 g/mol. The van der Waals surface area contributed by atoms with Gasteiger partial charge >= 0.3 is 12.0 Å². The highest BCUT2D eigenvalue weighted by atomic mass is 31.0. The molecular weight excluding hydrogens is 343 g/mol. The third-order valence-corrected chi connectivity index (χ3v) is 5.61. The van der Waals surface area contributed by atoms with Gasteiger partial charge in [-0.25, -0.2) is 4.34 Å². The van der Waals surface area contributed by atoms with Gasteiger partial charge in [-0.3, -0.25) is 4.68 Å². The molecule has 0 N–H and O–H groups in total. The summed E-state index contributed by atoms with van der Waals surface area (Å²) >= 11 is 0. The fourth-order valence-electron chi connectivity index (χ4n) is 3.90. The lowest BCUT2D eigenvalue weighted by atomic mass is 9.95. The van der Waals surface area contributed by atoms with Gasteiger partial charge < -0.3 is 0 Å². The second-order valence-electron chi connectivity index (χ2n) is 6.72. The van der Waals surface area contributed by atoms with Gasteiger partial charge in [-0.2, -0.15) is 15.3 Å². The van der Waals surface area contributed by atoms with Crippen LogP contribution in [0.5, 0.6) is 0 Å². The monoisotopic (exact) mass is 363 g/mol. The average Bonchev–Trinajstić information content (AvgIpc) is 3.40. The molecule has 3 heterocycles. The van der Waals surface area contributed by atoms with E-state index in [2.05, 4.69) is 47.7 Å². The summed E-state index contributed by atoms with van der Waals surface area (Å²) in [6, 6.07) is 4.37. The number of fused-ring (bicyclic) bond motifs is 1. The van der Waals surface area contributed by atoms with E-state index >= 15 is 0 Å². The van der Waals surface area contributed by atoms with Crippen LogP contribution in [0.3, 0.4) is 0 Å². The molecule has 3 aromatic rings. The van der Waals surface area contributed by atoms with Crippen molar-refractivity contribution in [3.63, 3.8) is 0 Å². The molecule has 1 aliphatic rings. The quantitative estimate of drug-likeness (QED) is 0.516. The molecule has 130 valence electrons. The number of allylic oxidation sites excluding steroid dienone is 2. The number of nitriles is 1. The fraction of sp³-hybridized carbons (Fsp3) is 0.368. The standard InChI is InChI=1S/C19H20N6P/c20-9-4-3-7-17(14-5-1-2-6-14)24-12-15(11-23-24)18-16-8-10-25(26)19(16)22-13-21-18/h3-4,8,10-12,14,17H,1-2,5-7,26H2/q+1/b4-3+. The second kappa shape index (κ2) is 7.28. The van der Waals surface area contributed by atoms with E-state index in [9.17, 15) is 0 Å². The van der Waals surface area contributed by atoms with Crippen molar-refractivity contribution in [1.82, 2.24) is 19.1 Å². The third-order valence-electron chi connectivity index (χ3n) is 5.19. The van der Waals surface area contributed by atoms with Crippen LogP contribution in [0, 0.1) is 23.6 Å². The number of hydrogen-bond donors (Lipinski definition) is 0. The highest BCUT2D eigenvalue weighted by Gasteiger charge is 2.27. The lowest BCUT2D eigenvalue weighted by Crippen LogP contribution is -2.17. The van der Waals surface area contributed by atoms with Crippen LogP contribution in [-0.4, -0.2) is 19.1 Å². The minimum atomic E-state index is 0.281. The molecule has 1 saturated carbocycles. The van der Waals surface area contributed by atoms with E-state index in [1.54, 1.807) is 6.08 Å². The SMILES string of the molecule is N#C/C=C/CC(C1CCCC1)n1cc(-c2nc#[n+]c3c2ccn3P)cn1. The Bertz CT molecular complexity index is 973. The molecule has 2 atom stereocenters. The summed E-state index contributed by atoms with van der Waals surface area (Å²) in [7, 11) is 2.62. The summed E-state index contributed by atoms with van der Waals surface area (Å²) in [5, 5.41) is 14.4. The Morgan fingerprint density at radius 2 is 2.31 bits per heavy atom. The zero-order valence-corrected chi connectivity index (χ0v) is 15.6. The van der Waals surface area contributed by atoms with E-state index < -0.39 is 0 Å². The predicted molar refractivity (Wildman–Crippen MR) is 101 cm³/mol. The molecule has 0 radical (unpaired) electrons. The van der Waals surface area contributed by atoms with Crippen LogP contribution < -0.4 is 4.98 Å². The van der Waals surface area contributed by atoms with Gasteiger partial charge in [0.1, 0.15) is 5.39 Å². The van der Waals surface area contributed by atoms with Crippen molar-refractivity contribution in [3.05, 3.63) is 43.1 Å². The molecular formula is C19H20N6P+. The number of rotatable bonds is 5. The van der Waals surface area contributed by atoms with E-state index in [0.717, 1.165) is 28.7 Å². The van der Waals surface area contributed by atoms with Crippen molar-refractivity contribution >= 4 is 20.4 Å². The summed E-state index contributed by atoms with van der Waals surface area (Å²) in [4.78, 5) is 8.59. The Labute approximate surface area is 154 Å². The van der Waals surface area contributed by atoms with Crippen molar-refractivity contribution in [3.8, 4) is 17.3 Å². The van der Waals surface area contributed by atoms with Crippen LogP contribution in [0.25, 0.3) is 22.3 Å². The van der Waals surface area contributed by atoms with Crippen LogP contribution in [0.1, 0.15) is 38.1 Å². The highest BCUT2D eigenvalue weighted by molar-refractivity contribution is 7.14. The normalized spacial score (nSPS) is 16.2. The van der Waals surface area contributed by atoms with Crippen LogP contribution in [-0.2, 0) is 0 Å². The molecule has 0 aromatic carbocycles. The maximum Gasteiger partial charge on any atom is 0.344 e. The summed E-state index contributed by atoms with van der Waals surface area (Å²) < 4.78 is 3.94. The first kappa shape index (κ1) is 16.8. The third kappa shape index (κ3) is 3.09. The molecule has 1 aliphatic carbocycles. The zero-order valence-electron chi connectivity index (χ0n) is 14.4. The first-order valence-electron chi connectivity index (χ1n) is 8.87. The van der Waals surface area contributed by atoms with Crippen LogP contribution in [0.2, 0.25) is 0 Å². The van der Waals surface area contributed by atoms with Gasteiger partial charge in [-0.05, 0) is 36.2 Å². The van der Waals surface area contributed by atoms with Crippen LogP contribution in [0.15, 0.2) is 36.8 Å². The van der Waals surface area contributed by atoms with E-state index in [1.165, 1.54) is 25.7 Å². The van der Waals surface area contributed by atoms with E-state index in [1.807, 2.05) is 28.9 Å². The van der Waals surface area contributed by atoms with E-state index in [-0.39, 0.29) is 6.04 Å². The van der Waals surface area contributed by atoms with E-state index in [0.29, 0.717) is 5.92 Å². The lowest BCUT2D eigenvalue weighted by molar-refractivity contribution is -0.265. The van der Waals surface area contributed by atoms with Crippen LogP contribution >= 0.6 is 9.39 Å². The minimum Gasteiger partial charge on any atom is -0.268 e. The van der Waals surface area contributed by atoms with E-state index in [4.69, 9.17) is 5.26 Å². The molecule has 0 spiro atoms. The Morgan fingerprint density at radius 3 is 3.12 bits per heavy atom. The molecule has 4 rings (SSSR count). The van der Waals surface area contributed by atoms with Gasteiger partial charge in [-0.15, -0.1) is 0 Å². The molecule has 2 unspecified atom stereocenters. The molecule has 0 bridgehead atoms. The molecule has 3 aromatic heterocycles. The summed E-state index contributed by atoms with van der Waals surface area (Å²) in [6.07, 6.45) is 18.0. The molecule has 7 heteroatoms. The Morgan fingerprint density at radius 1 is 1.46 bits per heavy atom. The predicted octanol–water partition coefficient (Wildman–Crippen LogP) is 3.14. The van der Waals surface area contributed by atoms with Gasteiger partial charge in [0.2, 0.25) is 0 Å². The van der Waals surface area contributed by atoms with Crippen LogP contribution in [0.4, 0.5) is 0 Å². The van der Waals surface area contributed by atoms with Gasteiger partial charge in [-0.1, -0.05) is 18.9 Å². The van der Waals surface area contributed by atoms with Gasteiger partial charge in [0.05, 0.1) is 30.1 Å². The molecule has 1 fully saturated rings. The fourth-order valence-corrected chi connectivity index (χ4v) is 4.19. The first-order valence-corrected chi connectivity index (χ1v) is 9.39. The van der Waals surface area contributed by atoms with Crippen molar-refractivity contribution in [2.75, 3.05) is 0 Å². The summed E-state index contributed by atoms with van der Waals surface area (Å²) in [6.45, 7) is 0. The molecule has 0 saturated heterocycles. The van der Waals surface area contributed by atoms with Gasteiger partial charge in [0, 0.05) is 21.7 Å². The Hall–Kier alpha value is -2.69. The van der Waals surface area contributed by atoms with Crippen molar-refractivity contribution in [1.29, 1.82) is 5.26 Å². The first-order chi connectivity index (χ1) is 12.8. The molecule has 26 heavy (non-hydrogen) atoms. The number of aromatic nitrogens is 5. The summed E-state index contributed by atoms with van der Waals surface area (Å²) in [5.41, 5.74) is 2.65. The van der Waals surface area contributed by atoms with Crippen molar-refractivity contribution in [2.24, 2.45) is 5.92 Å². The minimum absolute atomic E-state index is 0.281. The number of nitrogens with zero attached hydrogens (tertiary/aromatic N) is 6. The van der Waals surface area contributed by atoms with Gasteiger partial charge in [0.15, 0.2) is 5.69 Å². The topological polar surface area (TPSA) is 73.5 Å². The van der Waals surface area contributed by atoms with Crippen molar-refractivity contribution in [2.45, 2.75) is 38.1 Å². The molecule has 6 nitrogen and oxygen atoms in total.